The normalized spacial score (nSPS) is 10.1. The Morgan fingerprint density at radius 1 is 1.60 bits per heavy atom. The summed E-state index contributed by atoms with van der Waals surface area (Å²) < 4.78 is 4.87. The minimum absolute atomic E-state index is 0.0525. The number of carbonyl (C=O) groups is 1. The summed E-state index contributed by atoms with van der Waals surface area (Å²) in [6, 6.07) is 3.05. The SMILES string of the molecule is O=C(c1ccco1)c1ncc([N+](=O)[O-])s1. The summed E-state index contributed by atoms with van der Waals surface area (Å²) in [6.45, 7) is 0. The number of hydrogen-bond acceptors (Lipinski definition) is 6. The molecule has 76 valence electrons. The van der Waals surface area contributed by atoms with Gasteiger partial charge in [0.15, 0.2) is 10.8 Å². The van der Waals surface area contributed by atoms with Gasteiger partial charge in [-0.3, -0.25) is 14.9 Å². The molecule has 0 aliphatic carbocycles. The van der Waals surface area contributed by atoms with Gasteiger partial charge in [-0.25, -0.2) is 4.98 Å². The number of aromatic nitrogens is 1. The van der Waals surface area contributed by atoms with Crippen LogP contribution >= 0.6 is 11.3 Å². The van der Waals surface area contributed by atoms with Gasteiger partial charge >= 0.3 is 5.00 Å². The summed E-state index contributed by atoms with van der Waals surface area (Å²) >= 11 is 0.728. The molecule has 7 heteroatoms. The fourth-order valence-corrected chi connectivity index (χ4v) is 1.64. The van der Waals surface area contributed by atoms with Gasteiger partial charge in [0.1, 0.15) is 6.20 Å². The van der Waals surface area contributed by atoms with Crippen LogP contribution in [0.4, 0.5) is 5.00 Å². The third-order valence-corrected chi connectivity index (χ3v) is 2.56. The fourth-order valence-electron chi connectivity index (χ4n) is 0.968. The molecular formula is C8H4N2O4S. The topological polar surface area (TPSA) is 86.2 Å². The van der Waals surface area contributed by atoms with E-state index in [0.29, 0.717) is 0 Å². The van der Waals surface area contributed by atoms with E-state index in [1.54, 1.807) is 6.07 Å². The molecule has 0 amide bonds. The molecule has 0 atom stereocenters. The van der Waals surface area contributed by atoms with Crippen LogP contribution in [0.3, 0.4) is 0 Å². The number of carbonyl (C=O) groups excluding carboxylic acids is 1. The Balaban J connectivity index is 2.31. The van der Waals surface area contributed by atoms with Gasteiger partial charge in [0, 0.05) is 0 Å². The van der Waals surface area contributed by atoms with Gasteiger partial charge in [-0.15, -0.1) is 0 Å². The van der Waals surface area contributed by atoms with Crippen molar-refractivity contribution in [1.29, 1.82) is 0 Å². The molecule has 0 radical (unpaired) electrons. The van der Waals surface area contributed by atoms with E-state index in [9.17, 15) is 14.9 Å². The monoisotopic (exact) mass is 224 g/mol. The van der Waals surface area contributed by atoms with Crippen molar-refractivity contribution in [3.63, 3.8) is 0 Å². The van der Waals surface area contributed by atoms with Crippen LogP contribution in [0.25, 0.3) is 0 Å². The van der Waals surface area contributed by atoms with Crippen molar-refractivity contribution in [3.05, 3.63) is 45.5 Å². The van der Waals surface area contributed by atoms with Gasteiger partial charge in [-0.2, -0.15) is 0 Å². The van der Waals surface area contributed by atoms with Crippen molar-refractivity contribution >= 4 is 22.1 Å². The van der Waals surface area contributed by atoms with Gasteiger partial charge in [0.2, 0.25) is 0 Å². The Morgan fingerprint density at radius 3 is 2.93 bits per heavy atom. The Kier molecular flexibility index (Phi) is 2.30. The number of furan rings is 1. The molecular weight excluding hydrogens is 220 g/mol. The van der Waals surface area contributed by atoms with Crippen LogP contribution in [0.15, 0.2) is 29.0 Å². The molecule has 0 unspecified atom stereocenters. The molecule has 0 fully saturated rings. The maximum Gasteiger partial charge on any atom is 0.344 e. The maximum absolute atomic E-state index is 11.6. The van der Waals surface area contributed by atoms with Gasteiger partial charge in [-0.05, 0) is 23.5 Å². The molecule has 0 aromatic carbocycles. The Bertz CT molecular complexity index is 502. The summed E-state index contributed by atoms with van der Waals surface area (Å²) in [6.07, 6.45) is 2.41. The number of nitro groups is 1. The third-order valence-electron chi connectivity index (χ3n) is 1.61. The second-order valence-electron chi connectivity index (χ2n) is 2.57. The lowest BCUT2D eigenvalue weighted by atomic mass is 10.3. The molecule has 2 heterocycles. The Morgan fingerprint density at radius 2 is 2.40 bits per heavy atom. The smallest absolute Gasteiger partial charge is 0.344 e. The van der Waals surface area contributed by atoms with Crippen LogP contribution < -0.4 is 0 Å². The van der Waals surface area contributed by atoms with Crippen LogP contribution in [0.5, 0.6) is 0 Å². The number of nitrogens with zero attached hydrogens (tertiary/aromatic N) is 2. The van der Waals surface area contributed by atoms with Gasteiger partial charge in [0.25, 0.3) is 5.78 Å². The third kappa shape index (κ3) is 1.77. The quantitative estimate of drug-likeness (QED) is 0.451. The maximum atomic E-state index is 11.6. The number of ketones is 1. The van der Waals surface area contributed by atoms with E-state index < -0.39 is 10.7 Å². The number of hydrogen-bond donors (Lipinski definition) is 0. The minimum atomic E-state index is -0.587. The highest BCUT2D eigenvalue weighted by molar-refractivity contribution is 7.16. The van der Waals surface area contributed by atoms with E-state index in [0.717, 1.165) is 17.5 Å². The lowest BCUT2D eigenvalue weighted by Gasteiger charge is -1.88. The molecule has 2 rings (SSSR count). The van der Waals surface area contributed by atoms with E-state index in [-0.39, 0.29) is 15.8 Å². The summed E-state index contributed by atoms with van der Waals surface area (Å²) in [5.41, 5.74) is 0. The van der Waals surface area contributed by atoms with Crippen molar-refractivity contribution < 1.29 is 14.1 Å². The van der Waals surface area contributed by atoms with Crippen molar-refractivity contribution in [3.8, 4) is 0 Å². The standard InChI is InChI=1S/C8H4N2O4S/c11-7(5-2-1-3-14-5)8-9-4-6(15-8)10(12)13/h1-4H. The van der Waals surface area contributed by atoms with Crippen molar-refractivity contribution in [1.82, 2.24) is 4.98 Å². The molecule has 0 N–H and O–H groups in total. The highest BCUT2D eigenvalue weighted by Gasteiger charge is 2.19. The number of thiazole rings is 1. The van der Waals surface area contributed by atoms with E-state index in [1.807, 2.05) is 0 Å². The lowest BCUT2D eigenvalue weighted by molar-refractivity contribution is -0.380. The molecule has 2 aromatic heterocycles. The fraction of sp³-hybridized carbons (Fsp3) is 0. The zero-order valence-corrected chi connectivity index (χ0v) is 8.06. The first kappa shape index (κ1) is 9.53. The van der Waals surface area contributed by atoms with Gasteiger partial charge in [-0.1, -0.05) is 0 Å². The van der Waals surface area contributed by atoms with Crippen LogP contribution in [0, 0.1) is 10.1 Å². The molecule has 6 nitrogen and oxygen atoms in total. The second-order valence-corrected chi connectivity index (χ2v) is 3.58. The van der Waals surface area contributed by atoms with Gasteiger partial charge in [0.05, 0.1) is 11.2 Å². The predicted molar refractivity (Wildman–Crippen MR) is 50.9 cm³/mol. The van der Waals surface area contributed by atoms with Crippen molar-refractivity contribution in [2.24, 2.45) is 0 Å². The molecule has 15 heavy (non-hydrogen) atoms. The van der Waals surface area contributed by atoms with Crippen LogP contribution in [-0.2, 0) is 0 Å². The summed E-state index contributed by atoms with van der Waals surface area (Å²) in [7, 11) is 0. The zero-order chi connectivity index (χ0) is 10.8. The zero-order valence-electron chi connectivity index (χ0n) is 7.25. The molecule has 0 saturated carbocycles. The first-order chi connectivity index (χ1) is 7.18. The minimum Gasteiger partial charge on any atom is -0.461 e. The molecule has 0 spiro atoms. The van der Waals surface area contributed by atoms with Crippen LogP contribution in [0.1, 0.15) is 15.6 Å². The summed E-state index contributed by atoms with van der Waals surface area (Å²) in [5, 5.41) is 10.3. The first-order valence-corrected chi connectivity index (χ1v) is 4.68. The Labute approximate surface area is 87.3 Å². The van der Waals surface area contributed by atoms with Gasteiger partial charge < -0.3 is 4.42 Å². The van der Waals surface area contributed by atoms with E-state index in [4.69, 9.17) is 4.42 Å². The summed E-state index contributed by atoms with van der Waals surface area (Å²) in [5.74, 6) is -0.322. The first-order valence-electron chi connectivity index (χ1n) is 3.87. The van der Waals surface area contributed by atoms with Crippen molar-refractivity contribution in [2.75, 3.05) is 0 Å². The molecule has 2 aromatic rings. The average molecular weight is 224 g/mol. The van der Waals surface area contributed by atoms with E-state index in [1.165, 1.54) is 12.3 Å². The molecule has 0 aliphatic heterocycles. The molecule has 0 bridgehead atoms. The molecule has 0 saturated heterocycles. The lowest BCUT2D eigenvalue weighted by Crippen LogP contribution is -1.97. The highest BCUT2D eigenvalue weighted by atomic mass is 32.1. The van der Waals surface area contributed by atoms with Crippen molar-refractivity contribution in [2.45, 2.75) is 0 Å². The predicted octanol–water partition coefficient (Wildman–Crippen LogP) is 1.88. The summed E-state index contributed by atoms with van der Waals surface area (Å²) in [4.78, 5) is 25.0. The second kappa shape index (κ2) is 3.62. The number of rotatable bonds is 3. The highest BCUT2D eigenvalue weighted by Crippen LogP contribution is 2.23. The Hall–Kier alpha value is -2.02. The van der Waals surface area contributed by atoms with E-state index >= 15 is 0 Å². The largest absolute Gasteiger partial charge is 0.461 e. The average Bonchev–Trinajstić information content (AvgIpc) is 2.88. The van der Waals surface area contributed by atoms with Crippen LogP contribution in [-0.4, -0.2) is 15.7 Å². The molecule has 0 aliphatic rings. The van der Waals surface area contributed by atoms with Crippen LogP contribution in [0.2, 0.25) is 0 Å². The van der Waals surface area contributed by atoms with E-state index in [2.05, 4.69) is 4.98 Å².